The van der Waals surface area contributed by atoms with Gasteiger partial charge in [-0.1, -0.05) is 36.7 Å². The van der Waals surface area contributed by atoms with Gasteiger partial charge in [0, 0.05) is 12.1 Å². The number of rotatable bonds is 5. The Morgan fingerprint density at radius 2 is 2.00 bits per heavy atom. The summed E-state index contributed by atoms with van der Waals surface area (Å²) in [7, 11) is 0. The smallest absolute Gasteiger partial charge is 0.124 e. The molecule has 0 unspecified atom stereocenters. The fraction of sp³-hybridized carbons (Fsp3) is 0.250. The second-order valence-corrected chi connectivity index (χ2v) is 4.91. The molecule has 2 aromatic rings. The van der Waals surface area contributed by atoms with E-state index in [1.54, 1.807) is 6.07 Å². The highest BCUT2D eigenvalue weighted by atomic mass is 35.5. The maximum absolute atomic E-state index is 13.1. The summed E-state index contributed by atoms with van der Waals surface area (Å²) in [6, 6.07) is 12.6. The van der Waals surface area contributed by atoms with Crippen molar-refractivity contribution in [2.24, 2.45) is 0 Å². The molecule has 0 aliphatic carbocycles. The van der Waals surface area contributed by atoms with Crippen molar-refractivity contribution in [1.82, 2.24) is 5.32 Å². The predicted molar refractivity (Wildman–Crippen MR) is 78.8 cm³/mol. The van der Waals surface area contributed by atoms with Crippen molar-refractivity contribution < 1.29 is 4.39 Å². The van der Waals surface area contributed by atoms with E-state index in [9.17, 15) is 4.39 Å². The van der Waals surface area contributed by atoms with Crippen molar-refractivity contribution in [1.29, 1.82) is 0 Å². The Bertz CT molecular complexity index is 554. The van der Waals surface area contributed by atoms with E-state index in [0.29, 0.717) is 5.02 Å². The van der Waals surface area contributed by atoms with Gasteiger partial charge in [-0.2, -0.15) is 0 Å². The van der Waals surface area contributed by atoms with Crippen LogP contribution in [-0.2, 0) is 6.54 Å². The lowest BCUT2D eigenvalue weighted by atomic mass is 10.0. The first-order chi connectivity index (χ1) is 9.20. The molecule has 0 heterocycles. The van der Waals surface area contributed by atoms with Gasteiger partial charge in [-0.05, 0) is 48.4 Å². The summed E-state index contributed by atoms with van der Waals surface area (Å²) in [4.78, 5) is 0. The molecule has 0 radical (unpaired) electrons. The Kier molecular flexibility index (Phi) is 4.94. The quantitative estimate of drug-likeness (QED) is 0.785. The molecule has 0 bridgehead atoms. The van der Waals surface area contributed by atoms with Crippen LogP contribution in [0.2, 0.25) is 5.02 Å². The Labute approximate surface area is 118 Å². The van der Waals surface area contributed by atoms with E-state index < -0.39 is 0 Å². The van der Waals surface area contributed by atoms with E-state index in [1.807, 2.05) is 12.1 Å². The van der Waals surface area contributed by atoms with Crippen molar-refractivity contribution in [3.8, 4) is 11.1 Å². The molecular weight excluding hydrogens is 261 g/mol. The minimum Gasteiger partial charge on any atom is -0.313 e. The maximum atomic E-state index is 13.1. The van der Waals surface area contributed by atoms with Crippen LogP contribution in [0.25, 0.3) is 11.1 Å². The van der Waals surface area contributed by atoms with Crippen LogP contribution in [0.15, 0.2) is 42.5 Å². The average Bonchev–Trinajstić information content (AvgIpc) is 2.39. The summed E-state index contributed by atoms with van der Waals surface area (Å²) < 4.78 is 13.1. The van der Waals surface area contributed by atoms with Gasteiger partial charge in [-0.3, -0.25) is 0 Å². The number of hydrogen-bond donors (Lipinski definition) is 1. The zero-order valence-electron chi connectivity index (χ0n) is 10.9. The molecule has 0 amide bonds. The van der Waals surface area contributed by atoms with Crippen molar-refractivity contribution in [3.63, 3.8) is 0 Å². The second-order valence-electron chi connectivity index (χ2n) is 4.50. The highest BCUT2D eigenvalue weighted by Crippen LogP contribution is 2.28. The first kappa shape index (κ1) is 14.0. The lowest BCUT2D eigenvalue weighted by Gasteiger charge is -2.08. The van der Waals surface area contributed by atoms with Crippen molar-refractivity contribution in [2.45, 2.75) is 19.9 Å². The molecule has 100 valence electrons. The average molecular weight is 278 g/mol. The molecule has 0 atom stereocenters. The fourth-order valence-electron chi connectivity index (χ4n) is 1.98. The highest BCUT2D eigenvalue weighted by Gasteiger charge is 2.05. The number of halogens is 2. The van der Waals surface area contributed by atoms with Crippen LogP contribution in [0.5, 0.6) is 0 Å². The largest absolute Gasteiger partial charge is 0.313 e. The monoisotopic (exact) mass is 277 g/mol. The minimum atomic E-state index is -0.311. The lowest BCUT2D eigenvalue weighted by molar-refractivity contribution is 0.628. The molecule has 1 N–H and O–H groups in total. The van der Waals surface area contributed by atoms with Gasteiger partial charge in [-0.15, -0.1) is 0 Å². The normalized spacial score (nSPS) is 10.7. The van der Waals surface area contributed by atoms with Gasteiger partial charge in [0.25, 0.3) is 0 Å². The first-order valence-electron chi connectivity index (χ1n) is 6.46. The molecule has 0 aliphatic rings. The molecule has 2 aromatic carbocycles. The van der Waals surface area contributed by atoms with Crippen LogP contribution in [-0.4, -0.2) is 6.54 Å². The van der Waals surface area contributed by atoms with E-state index in [-0.39, 0.29) is 5.82 Å². The zero-order valence-corrected chi connectivity index (χ0v) is 11.7. The molecule has 3 heteroatoms. The van der Waals surface area contributed by atoms with E-state index in [0.717, 1.165) is 30.6 Å². The molecule has 19 heavy (non-hydrogen) atoms. The van der Waals surface area contributed by atoms with E-state index in [2.05, 4.69) is 24.4 Å². The Balaban J connectivity index is 2.22. The molecule has 0 saturated carbocycles. The topological polar surface area (TPSA) is 12.0 Å². The van der Waals surface area contributed by atoms with Gasteiger partial charge in [0.15, 0.2) is 0 Å². The molecule has 0 saturated heterocycles. The van der Waals surface area contributed by atoms with Crippen LogP contribution in [0.1, 0.15) is 18.9 Å². The number of benzene rings is 2. The van der Waals surface area contributed by atoms with Crippen molar-refractivity contribution in [2.75, 3.05) is 6.54 Å². The predicted octanol–water partition coefficient (Wildman–Crippen LogP) is 4.65. The molecule has 0 fully saturated rings. The second kappa shape index (κ2) is 6.69. The third kappa shape index (κ3) is 3.79. The van der Waals surface area contributed by atoms with E-state index in [4.69, 9.17) is 11.6 Å². The molecule has 0 spiro atoms. The van der Waals surface area contributed by atoms with E-state index in [1.165, 1.54) is 17.7 Å². The molecular formula is C16H17ClFN. The third-order valence-corrected chi connectivity index (χ3v) is 3.24. The summed E-state index contributed by atoms with van der Waals surface area (Å²) in [5.41, 5.74) is 3.08. The summed E-state index contributed by atoms with van der Waals surface area (Å²) in [6.07, 6.45) is 1.11. The van der Waals surface area contributed by atoms with Crippen LogP contribution < -0.4 is 5.32 Å². The van der Waals surface area contributed by atoms with Gasteiger partial charge < -0.3 is 5.32 Å². The van der Waals surface area contributed by atoms with Gasteiger partial charge in [0.1, 0.15) is 5.82 Å². The summed E-state index contributed by atoms with van der Waals surface area (Å²) in [5, 5.41) is 3.80. The zero-order chi connectivity index (χ0) is 13.7. The van der Waals surface area contributed by atoms with Gasteiger partial charge >= 0.3 is 0 Å². The standard InChI is InChI=1S/C16H17ClFN/c1-2-8-19-11-12-4-3-5-13(9-12)15-7-6-14(18)10-16(15)17/h3-7,9-10,19H,2,8,11H2,1H3. The van der Waals surface area contributed by atoms with Gasteiger partial charge in [0.2, 0.25) is 0 Å². The molecule has 1 nitrogen and oxygen atoms in total. The summed E-state index contributed by atoms with van der Waals surface area (Å²) in [6.45, 7) is 3.98. The maximum Gasteiger partial charge on any atom is 0.124 e. The van der Waals surface area contributed by atoms with Gasteiger partial charge in [0.05, 0.1) is 5.02 Å². The summed E-state index contributed by atoms with van der Waals surface area (Å²) in [5.74, 6) is -0.311. The van der Waals surface area contributed by atoms with Crippen LogP contribution in [0.4, 0.5) is 4.39 Å². The molecule has 0 aliphatic heterocycles. The van der Waals surface area contributed by atoms with Crippen LogP contribution >= 0.6 is 11.6 Å². The Hall–Kier alpha value is -1.38. The fourth-order valence-corrected chi connectivity index (χ4v) is 2.26. The third-order valence-electron chi connectivity index (χ3n) is 2.93. The van der Waals surface area contributed by atoms with Gasteiger partial charge in [-0.25, -0.2) is 4.39 Å². The highest BCUT2D eigenvalue weighted by molar-refractivity contribution is 6.33. The first-order valence-corrected chi connectivity index (χ1v) is 6.83. The van der Waals surface area contributed by atoms with Crippen molar-refractivity contribution >= 4 is 11.6 Å². The minimum absolute atomic E-state index is 0.311. The SMILES string of the molecule is CCCNCc1cccc(-c2ccc(F)cc2Cl)c1. The Morgan fingerprint density at radius 3 is 2.74 bits per heavy atom. The molecule has 2 rings (SSSR count). The van der Waals surface area contributed by atoms with Crippen molar-refractivity contribution in [3.05, 3.63) is 58.9 Å². The number of nitrogens with one attached hydrogen (secondary N) is 1. The van der Waals surface area contributed by atoms with E-state index >= 15 is 0 Å². The number of hydrogen-bond acceptors (Lipinski definition) is 1. The van der Waals surface area contributed by atoms with Crippen LogP contribution in [0.3, 0.4) is 0 Å². The lowest BCUT2D eigenvalue weighted by Crippen LogP contribution is -2.13. The summed E-state index contributed by atoms with van der Waals surface area (Å²) >= 11 is 6.09. The molecule has 0 aromatic heterocycles. The van der Waals surface area contributed by atoms with Crippen LogP contribution in [0, 0.1) is 5.82 Å². The Morgan fingerprint density at radius 1 is 1.16 bits per heavy atom.